The van der Waals surface area contributed by atoms with Crippen LogP contribution in [0.2, 0.25) is 0 Å². The molecule has 0 atom stereocenters. The standard InChI is InChI=1S/C6H12F2N2O2S.C3H4F2O.C3H8N2O2S.ClH/c7-1-5(2-8)10-3-6(4-10)13(9,11)12;4-1-3(6)2-5;4-8(6,7)3-1-5-2-3;/h5-6H,1-4H2,(H2,9,11,12);1-2H2;3,5H,1-2H2,(H2,4,6,7);1H. The number of rotatable bonds is 7. The van der Waals surface area contributed by atoms with Gasteiger partial charge in [0.15, 0.2) is 19.1 Å². The maximum absolute atomic E-state index is 12.1. The molecule has 9 nitrogen and oxygen atoms in total. The number of ketones is 1. The third kappa shape index (κ3) is 10.8. The van der Waals surface area contributed by atoms with Gasteiger partial charge >= 0.3 is 0 Å². The molecule has 2 rings (SSSR count). The summed E-state index contributed by atoms with van der Waals surface area (Å²) in [5.74, 6) is -0.991. The third-order valence-corrected chi connectivity index (χ3v) is 6.21. The van der Waals surface area contributed by atoms with Crippen molar-refractivity contribution in [2.45, 2.75) is 16.5 Å². The number of alkyl halides is 4. The maximum Gasteiger partial charge on any atom is 0.214 e. The van der Waals surface area contributed by atoms with E-state index in [-0.39, 0.29) is 30.7 Å². The van der Waals surface area contributed by atoms with Crippen LogP contribution in [-0.2, 0) is 24.8 Å². The van der Waals surface area contributed by atoms with Crippen LogP contribution in [0.5, 0.6) is 0 Å². The monoisotopic (exact) mass is 480 g/mol. The van der Waals surface area contributed by atoms with Gasteiger partial charge in [0.2, 0.25) is 20.0 Å². The van der Waals surface area contributed by atoms with Crippen molar-refractivity contribution in [2.75, 3.05) is 52.9 Å². The van der Waals surface area contributed by atoms with Crippen LogP contribution in [0.15, 0.2) is 0 Å². The van der Waals surface area contributed by atoms with E-state index in [9.17, 15) is 39.2 Å². The smallest absolute Gasteiger partial charge is 0.214 e. The molecule has 2 saturated heterocycles. The van der Waals surface area contributed by atoms with Crippen LogP contribution in [-0.4, -0.2) is 96.9 Å². The first-order valence-electron chi connectivity index (χ1n) is 7.64. The fourth-order valence-electron chi connectivity index (χ4n) is 1.74. The van der Waals surface area contributed by atoms with Crippen molar-refractivity contribution in [2.24, 2.45) is 10.3 Å². The predicted octanol–water partition coefficient (Wildman–Crippen LogP) is -1.57. The molecule has 0 radical (unpaired) electrons. The van der Waals surface area contributed by atoms with Crippen LogP contribution in [0, 0.1) is 0 Å². The first kappa shape index (κ1) is 29.6. The number of Topliss-reactive ketones (excluding diaryl/α,β-unsaturated/α-hetero) is 1. The minimum absolute atomic E-state index is 0. The number of halogens is 5. The maximum atomic E-state index is 12.1. The zero-order chi connectivity index (χ0) is 21.3. The van der Waals surface area contributed by atoms with Gasteiger partial charge in [-0.25, -0.2) is 44.7 Å². The number of nitrogens with one attached hydrogen (secondary N) is 1. The highest BCUT2D eigenvalue weighted by Crippen LogP contribution is 2.17. The van der Waals surface area contributed by atoms with E-state index in [2.05, 4.69) is 5.32 Å². The quantitative estimate of drug-likeness (QED) is 0.372. The van der Waals surface area contributed by atoms with Gasteiger partial charge in [-0.15, -0.1) is 12.4 Å². The summed E-state index contributed by atoms with van der Waals surface area (Å²) in [6.07, 6.45) is 0. The number of carbonyl (C=O) groups is 1. The SMILES string of the molecule is Cl.NS(=O)(=O)C1CN(C(CF)CF)C1.NS(=O)(=O)C1CNC1.O=C(CF)CF. The largest absolute Gasteiger partial charge is 0.314 e. The molecule has 0 saturated carbocycles. The van der Waals surface area contributed by atoms with E-state index in [4.69, 9.17) is 10.3 Å². The Labute approximate surface area is 167 Å². The number of likely N-dealkylation sites (tertiary alicyclic amines) is 1. The Morgan fingerprint density at radius 3 is 1.46 bits per heavy atom. The molecule has 2 heterocycles. The van der Waals surface area contributed by atoms with Crippen molar-refractivity contribution in [1.82, 2.24) is 10.2 Å². The van der Waals surface area contributed by atoms with E-state index in [1.54, 1.807) is 0 Å². The highest BCUT2D eigenvalue weighted by Gasteiger charge is 2.38. The molecule has 0 aliphatic carbocycles. The van der Waals surface area contributed by atoms with E-state index < -0.39 is 63.8 Å². The summed E-state index contributed by atoms with van der Waals surface area (Å²) >= 11 is 0. The Kier molecular flexibility index (Phi) is 14.4. The van der Waals surface area contributed by atoms with Crippen LogP contribution in [0.1, 0.15) is 0 Å². The Hall–Kier alpha value is -0.580. The number of carbonyl (C=O) groups excluding carboxylic acids is 1. The molecule has 0 aromatic heterocycles. The molecule has 170 valence electrons. The lowest BCUT2D eigenvalue weighted by atomic mass is 10.1. The Balaban J connectivity index is 0. The van der Waals surface area contributed by atoms with Gasteiger partial charge in [-0.05, 0) is 0 Å². The first-order chi connectivity index (χ1) is 12.4. The number of nitrogens with zero attached hydrogens (tertiary/aromatic N) is 1. The van der Waals surface area contributed by atoms with E-state index in [0.717, 1.165) is 0 Å². The average molecular weight is 481 g/mol. The minimum atomic E-state index is -3.54. The van der Waals surface area contributed by atoms with Crippen molar-refractivity contribution >= 4 is 38.2 Å². The zero-order valence-corrected chi connectivity index (χ0v) is 17.2. The molecule has 0 aromatic rings. The molecule has 0 unspecified atom stereocenters. The van der Waals surface area contributed by atoms with Gasteiger partial charge in [-0.2, -0.15) is 0 Å². The van der Waals surface area contributed by atoms with Crippen LogP contribution in [0.25, 0.3) is 0 Å². The van der Waals surface area contributed by atoms with Gasteiger partial charge < -0.3 is 5.32 Å². The number of sulfonamides is 2. The molecule has 2 aliphatic rings. The second-order valence-electron chi connectivity index (χ2n) is 5.80. The second kappa shape index (κ2) is 13.6. The van der Waals surface area contributed by atoms with Crippen LogP contribution in [0.3, 0.4) is 0 Å². The van der Waals surface area contributed by atoms with Crippen LogP contribution >= 0.6 is 12.4 Å². The highest BCUT2D eigenvalue weighted by atomic mass is 35.5. The van der Waals surface area contributed by atoms with Crippen LogP contribution in [0.4, 0.5) is 17.6 Å². The molecular formula is C12H25ClF4N4O5S2. The fourth-order valence-corrected chi connectivity index (χ4v) is 3.24. The van der Waals surface area contributed by atoms with E-state index in [1.807, 2.05) is 0 Å². The Morgan fingerprint density at radius 1 is 0.929 bits per heavy atom. The van der Waals surface area contributed by atoms with Crippen molar-refractivity contribution in [1.29, 1.82) is 0 Å². The number of hydrogen-bond donors (Lipinski definition) is 3. The topological polar surface area (TPSA) is 153 Å². The number of nitrogens with two attached hydrogens (primary N) is 2. The van der Waals surface area contributed by atoms with Gasteiger partial charge in [-0.1, -0.05) is 0 Å². The summed E-state index contributed by atoms with van der Waals surface area (Å²) in [6, 6.07) is -0.807. The Morgan fingerprint density at radius 2 is 1.32 bits per heavy atom. The summed E-state index contributed by atoms with van der Waals surface area (Å²) < 4.78 is 87.9. The van der Waals surface area contributed by atoms with Gasteiger partial charge in [0.1, 0.15) is 18.6 Å². The summed E-state index contributed by atoms with van der Waals surface area (Å²) in [7, 11) is -6.76. The Bertz CT molecular complexity index is 651. The molecule has 0 aromatic carbocycles. The van der Waals surface area contributed by atoms with Gasteiger partial charge in [-0.3, -0.25) is 9.69 Å². The highest BCUT2D eigenvalue weighted by molar-refractivity contribution is 7.90. The zero-order valence-electron chi connectivity index (χ0n) is 14.8. The van der Waals surface area contributed by atoms with E-state index >= 15 is 0 Å². The number of primary sulfonamides is 2. The van der Waals surface area contributed by atoms with Gasteiger partial charge in [0, 0.05) is 26.2 Å². The van der Waals surface area contributed by atoms with Crippen molar-refractivity contribution in [3.63, 3.8) is 0 Å². The first-order valence-corrected chi connectivity index (χ1v) is 10.9. The fraction of sp³-hybridized carbons (Fsp3) is 0.917. The lowest BCUT2D eigenvalue weighted by molar-refractivity contribution is -0.120. The molecule has 5 N–H and O–H groups in total. The molecule has 28 heavy (non-hydrogen) atoms. The predicted molar refractivity (Wildman–Crippen MR) is 98.2 cm³/mol. The van der Waals surface area contributed by atoms with Crippen LogP contribution < -0.4 is 15.6 Å². The van der Waals surface area contributed by atoms with Crippen molar-refractivity contribution in [3.05, 3.63) is 0 Å². The summed E-state index contributed by atoms with van der Waals surface area (Å²) in [4.78, 5) is 10.9. The second-order valence-corrected chi connectivity index (χ2v) is 9.49. The number of hydrogen-bond acceptors (Lipinski definition) is 7. The van der Waals surface area contributed by atoms with E-state index in [0.29, 0.717) is 13.1 Å². The van der Waals surface area contributed by atoms with Gasteiger partial charge in [0.25, 0.3) is 0 Å². The van der Waals surface area contributed by atoms with E-state index in [1.165, 1.54) is 4.90 Å². The van der Waals surface area contributed by atoms with Crippen molar-refractivity contribution in [3.8, 4) is 0 Å². The molecule has 0 amide bonds. The van der Waals surface area contributed by atoms with Gasteiger partial charge in [0.05, 0.1) is 11.3 Å². The molecule has 0 bridgehead atoms. The normalized spacial score (nSPS) is 17.8. The summed E-state index contributed by atoms with van der Waals surface area (Å²) in [6.45, 7) is -2.67. The third-order valence-electron chi connectivity index (χ3n) is 3.72. The molecule has 0 spiro atoms. The minimum Gasteiger partial charge on any atom is -0.314 e. The molecular weight excluding hydrogens is 456 g/mol. The molecule has 2 fully saturated rings. The lowest BCUT2D eigenvalue weighted by Gasteiger charge is -2.40. The van der Waals surface area contributed by atoms with Crippen molar-refractivity contribution < 1.29 is 39.2 Å². The summed E-state index contributed by atoms with van der Waals surface area (Å²) in [5, 5.41) is 11.4. The lowest BCUT2D eigenvalue weighted by Crippen LogP contribution is -2.60. The average Bonchev–Trinajstić information content (AvgIpc) is 2.45. The summed E-state index contributed by atoms with van der Waals surface area (Å²) in [5.41, 5.74) is 0. The molecule has 2 aliphatic heterocycles. The molecule has 16 heteroatoms.